The zero-order chi connectivity index (χ0) is 21.9. The second-order valence-electron chi connectivity index (χ2n) is 6.98. The molecule has 2 N–H and O–H groups in total. The Morgan fingerprint density at radius 3 is 2.00 bits per heavy atom. The summed E-state index contributed by atoms with van der Waals surface area (Å²) < 4.78 is 23.9. The maximum absolute atomic E-state index is 13.0. The van der Waals surface area contributed by atoms with Crippen molar-refractivity contribution in [2.24, 2.45) is 0 Å². The summed E-state index contributed by atoms with van der Waals surface area (Å²) in [6.45, 7) is 0.0993. The van der Waals surface area contributed by atoms with E-state index in [1.165, 1.54) is 17.0 Å². The fourth-order valence-electron chi connectivity index (χ4n) is 3.28. The van der Waals surface area contributed by atoms with Gasteiger partial charge in [0, 0.05) is 34.3 Å². The summed E-state index contributed by atoms with van der Waals surface area (Å²) in [5, 5.41) is 13.9. The third-order valence-electron chi connectivity index (χ3n) is 4.79. The highest BCUT2D eigenvalue weighted by Crippen LogP contribution is 2.21. The van der Waals surface area contributed by atoms with Crippen molar-refractivity contribution in [2.75, 3.05) is 24.6 Å². The van der Waals surface area contributed by atoms with Gasteiger partial charge in [-0.3, -0.25) is 9.59 Å². The van der Waals surface area contributed by atoms with Crippen LogP contribution in [0.25, 0.3) is 0 Å². The molecule has 0 radical (unpaired) electrons. The highest BCUT2D eigenvalue weighted by atomic mass is 35.5. The predicted molar refractivity (Wildman–Crippen MR) is 115 cm³/mol. The number of halogens is 2. The van der Waals surface area contributed by atoms with E-state index in [2.05, 4.69) is 5.32 Å². The third-order valence-corrected chi connectivity index (χ3v) is 6.99. The average Bonchev–Trinajstić information content (AvgIpc) is 2.97. The number of aliphatic hydroxyl groups excluding tert-OH is 1. The van der Waals surface area contributed by atoms with E-state index in [-0.39, 0.29) is 24.7 Å². The first-order valence-electron chi connectivity index (χ1n) is 9.15. The highest BCUT2D eigenvalue weighted by Gasteiger charge is 2.41. The molecule has 30 heavy (non-hydrogen) atoms. The van der Waals surface area contributed by atoms with Crippen molar-refractivity contribution < 1.29 is 23.1 Å². The standard InChI is InChI=1S/C20H20Cl2N2O5S/c21-15-5-1-13(2-6-15)19(26)23-9-10-24(17-11-30(28,29)12-18(17)25)20(27)14-3-7-16(22)8-4-14/h1-8,17-18,25H,9-12H2,(H,23,26). The van der Waals surface area contributed by atoms with E-state index in [0.29, 0.717) is 21.2 Å². The number of carbonyl (C=O) groups excluding carboxylic acids is 2. The molecule has 1 heterocycles. The van der Waals surface area contributed by atoms with E-state index in [1.54, 1.807) is 36.4 Å². The topological polar surface area (TPSA) is 104 Å². The van der Waals surface area contributed by atoms with Crippen LogP contribution in [0.4, 0.5) is 0 Å². The molecule has 1 aliphatic rings. The number of aliphatic hydroxyl groups is 1. The zero-order valence-electron chi connectivity index (χ0n) is 15.8. The van der Waals surface area contributed by atoms with Crippen LogP contribution in [0.3, 0.4) is 0 Å². The van der Waals surface area contributed by atoms with Crippen molar-refractivity contribution in [3.05, 3.63) is 69.7 Å². The van der Waals surface area contributed by atoms with Gasteiger partial charge in [0.1, 0.15) is 0 Å². The lowest BCUT2D eigenvalue weighted by molar-refractivity contribution is 0.0503. The van der Waals surface area contributed by atoms with Crippen LogP contribution in [-0.2, 0) is 9.84 Å². The van der Waals surface area contributed by atoms with E-state index >= 15 is 0 Å². The lowest BCUT2D eigenvalue weighted by atomic mass is 10.1. The number of rotatable bonds is 6. The van der Waals surface area contributed by atoms with Gasteiger partial charge in [0.15, 0.2) is 9.84 Å². The number of hydrogen-bond acceptors (Lipinski definition) is 5. The Hall–Kier alpha value is -2.13. The van der Waals surface area contributed by atoms with Crippen molar-refractivity contribution in [1.82, 2.24) is 10.2 Å². The molecule has 7 nitrogen and oxygen atoms in total. The molecule has 2 atom stereocenters. The van der Waals surface area contributed by atoms with Gasteiger partial charge in [-0.2, -0.15) is 0 Å². The first-order valence-corrected chi connectivity index (χ1v) is 11.7. The minimum atomic E-state index is -3.47. The van der Waals surface area contributed by atoms with E-state index in [9.17, 15) is 23.1 Å². The molecule has 2 aromatic rings. The molecule has 160 valence electrons. The normalized spacial score (nSPS) is 20.0. The Labute approximate surface area is 184 Å². The summed E-state index contributed by atoms with van der Waals surface area (Å²) >= 11 is 11.7. The number of amides is 2. The molecule has 10 heteroatoms. The largest absolute Gasteiger partial charge is 0.390 e. The van der Waals surface area contributed by atoms with Crippen molar-refractivity contribution in [2.45, 2.75) is 12.1 Å². The number of nitrogens with one attached hydrogen (secondary N) is 1. The zero-order valence-corrected chi connectivity index (χ0v) is 18.1. The van der Waals surface area contributed by atoms with E-state index in [0.717, 1.165) is 0 Å². The maximum Gasteiger partial charge on any atom is 0.254 e. The van der Waals surface area contributed by atoms with Gasteiger partial charge >= 0.3 is 0 Å². The number of hydrogen-bond donors (Lipinski definition) is 2. The number of benzene rings is 2. The van der Waals surface area contributed by atoms with Gasteiger partial charge in [-0.25, -0.2) is 8.42 Å². The molecule has 0 saturated carbocycles. The van der Waals surface area contributed by atoms with Crippen molar-refractivity contribution in [1.29, 1.82) is 0 Å². The molecule has 0 aromatic heterocycles. The molecule has 0 bridgehead atoms. The van der Waals surface area contributed by atoms with Crippen molar-refractivity contribution in [3.8, 4) is 0 Å². The minimum Gasteiger partial charge on any atom is -0.390 e. The molecule has 2 unspecified atom stereocenters. The van der Waals surface area contributed by atoms with Gasteiger partial charge in [0.2, 0.25) is 0 Å². The Bertz CT molecular complexity index is 1030. The molecule has 1 aliphatic heterocycles. The Kier molecular flexibility index (Phi) is 7.02. The molecule has 2 amide bonds. The molecule has 0 aliphatic carbocycles. The van der Waals surface area contributed by atoms with Gasteiger partial charge in [-0.05, 0) is 48.5 Å². The van der Waals surface area contributed by atoms with E-state index < -0.39 is 33.6 Å². The summed E-state index contributed by atoms with van der Waals surface area (Å²) in [5.74, 6) is -1.55. The Morgan fingerprint density at radius 1 is 0.967 bits per heavy atom. The van der Waals surface area contributed by atoms with Gasteiger partial charge in [-0.1, -0.05) is 23.2 Å². The SMILES string of the molecule is O=C(NCCN(C(=O)c1ccc(Cl)cc1)C1CS(=O)(=O)CC1O)c1ccc(Cl)cc1. The number of carbonyl (C=O) groups is 2. The summed E-state index contributed by atoms with van der Waals surface area (Å²) in [4.78, 5) is 26.6. The molecule has 3 rings (SSSR count). The van der Waals surface area contributed by atoms with Crippen LogP contribution in [0, 0.1) is 0 Å². The summed E-state index contributed by atoms with van der Waals surface area (Å²) in [7, 11) is -3.47. The third kappa shape index (κ3) is 5.51. The average molecular weight is 471 g/mol. The van der Waals surface area contributed by atoms with Crippen LogP contribution in [0.1, 0.15) is 20.7 Å². The lowest BCUT2D eigenvalue weighted by Crippen LogP contribution is -2.49. The second-order valence-corrected chi connectivity index (χ2v) is 10.0. The molecular weight excluding hydrogens is 451 g/mol. The van der Waals surface area contributed by atoms with Crippen molar-refractivity contribution >= 4 is 44.9 Å². The number of sulfone groups is 1. The minimum absolute atomic E-state index is 0.0258. The number of nitrogens with zero attached hydrogens (tertiary/aromatic N) is 1. The summed E-state index contributed by atoms with van der Waals surface area (Å²) in [6, 6.07) is 11.6. The van der Waals surface area contributed by atoms with Crippen LogP contribution in [-0.4, -0.2) is 67.0 Å². The summed E-state index contributed by atoms with van der Waals surface area (Å²) in [6.07, 6.45) is -1.20. The van der Waals surface area contributed by atoms with E-state index in [4.69, 9.17) is 23.2 Å². The highest BCUT2D eigenvalue weighted by molar-refractivity contribution is 7.91. The molecule has 1 saturated heterocycles. The molecule has 0 spiro atoms. The lowest BCUT2D eigenvalue weighted by Gasteiger charge is -2.30. The quantitative estimate of drug-likeness (QED) is 0.671. The van der Waals surface area contributed by atoms with Crippen LogP contribution in [0.15, 0.2) is 48.5 Å². The van der Waals surface area contributed by atoms with Crippen LogP contribution >= 0.6 is 23.2 Å². The Morgan fingerprint density at radius 2 is 1.50 bits per heavy atom. The fraction of sp³-hybridized carbons (Fsp3) is 0.300. The Balaban J connectivity index is 1.74. The molecular formula is C20H20Cl2N2O5S. The van der Waals surface area contributed by atoms with E-state index in [1.807, 2.05) is 0 Å². The maximum atomic E-state index is 13.0. The first-order chi connectivity index (χ1) is 14.2. The first kappa shape index (κ1) is 22.6. The smallest absolute Gasteiger partial charge is 0.254 e. The van der Waals surface area contributed by atoms with Crippen LogP contribution < -0.4 is 5.32 Å². The van der Waals surface area contributed by atoms with Crippen LogP contribution in [0.2, 0.25) is 10.0 Å². The van der Waals surface area contributed by atoms with Gasteiger partial charge < -0.3 is 15.3 Å². The predicted octanol–water partition coefficient (Wildman–Crippen LogP) is 2.02. The molecule has 2 aromatic carbocycles. The van der Waals surface area contributed by atoms with Crippen LogP contribution in [0.5, 0.6) is 0 Å². The van der Waals surface area contributed by atoms with Gasteiger partial charge in [0.25, 0.3) is 11.8 Å². The van der Waals surface area contributed by atoms with Crippen molar-refractivity contribution in [3.63, 3.8) is 0 Å². The molecule has 1 fully saturated rings. The fourth-order valence-corrected chi connectivity index (χ4v) is 5.33. The monoisotopic (exact) mass is 470 g/mol. The van der Waals surface area contributed by atoms with Gasteiger partial charge in [0.05, 0.1) is 23.7 Å². The van der Waals surface area contributed by atoms with Gasteiger partial charge in [-0.15, -0.1) is 0 Å². The second kappa shape index (κ2) is 9.34. The summed E-state index contributed by atoms with van der Waals surface area (Å²) in [5.41, 5.74) is 0.707.